The van der Waals surface area contributed by atoms with Crippen LogP contribution in [0.3, 0.4) is 0 Å². The van der Waals surface area contributed by atoms with E-state index in [1.807, 2.05) is 18.4 Å². The lowest BCUT2D eigenvalue weighted by Crippen LogP contribution is -1.76. The number of hydrogen-bond acceptors (Lipinski definition) is 1. The first kappa shape index (κ1) is 8.02. The van der Waals surface area contributed by atoms with Crippen molar-refractivity contribution in [1.29, 1.82) is 0 Å². The van der Waals surface area contributed by atoms with Gasteiger partial charge in [-0.25, -0.2) is 4.39 Å². The fourth-order valence-electron chi connectivity index (χ4n) is 1.17. The van der Waals surface area contributed by atoms with Gasteiger partial charge in [0.25, 0.3) is 0 Å². The van der Waals surface area contributed by atoms with Crippen LogP contribution in [-0.4, -0.2) is 0 Å². The van der Waals surface area contributed by atoms with Crippen molar-refractivity contribution in [2.75, 3.05) is 0 Å². The average Bonchev–Trinajstić information content (AvgIpc) is 2.41. The molecule has 0 saturated heterocycles. The van der Waals surface area contributed by atoms with Crippen LogP contribution in [-0.2, 0) is 0 Å². The van der Waals surface area contributed by atoms with E-state index in [9.17, 15) is 4.39 Å². The molecule has 0 N–H and O–H groups in total. The summed E-state index contributed by atoms with van der Waals surface area (Å²) in [7, 11) is 0. The number of aryl methyl sites for hydroxylation is 1. The van der Waals surface area contributed by atoms with E-state index in [-0.39, 0.29) is 10.8 Å². The molecular formula is C9H6ClFS. The Bertz CT molecular complexity index is 433. The number of hydrogen-bond donors (Lipinski definition) is 0. The lowest BCUT2D eigenvalue weighted by Gasteiger charge is -1.95. The van der Waals surface area contributed by atoms with Crippen molar-refractivity contribution < 1.29 is 4.39 Å². The van der Waals surface area contributed by atoms with Crippen molar-refractivity contribution >= 4 is 33.0 Å². The van der Waals surface area contributed by atoms with Gasteiger partial charge in [-0.3, -0.25) is 0 Å². The van der Waals surface area contributed by atoms with Crippen LogP contribution < -0.4 is 0 Å². The van der Waals surface area contributed by atoms with Gasteiger partial charge in [0, 0.05) is 0 Å². The normalized spacial score (nSPS) is 10.9. The molecule has 1 aromatic heterocycles. The third kappa shape index (κ3) is 1.03. The third-order valence-corrected chi connectivity index (χ3v) is 3.23. The van der Waals surface area contributed by atoms with Gasteiger partial charge in [0.1, 0.15) is 0 Å². The fraction of sp³-hybridized carbons (Fsp3) is 0.111. The summed E-state index contributed by atoms with van der Waals surface area (Å²) in [4.78, 5) is 0. The highest BCUT2D eigenvalue weighted by Gasteiger charge is 2.08. The molecule has 0 bridgehead atoms. The van der Waals surface area contributed by atoms with Gasteiger partial charge in [0.05, 0.1) is 9.72 Å². The third-order valence-electron chi connectivity index (χ3n) is 1.83. The molecule has 0 aliphatic heterocycles. The molecule has 1 heterocycles. The molecule has 2 aromatic rings. The molecule has 1 aromatic carbocycles. The molecule has 0 aliphatic rings. The van der Waals surface area contributed by atoms with Crippen molar-refractivity contribution in [3.05, 3.63) is 33.9 Å². The predicted molar refractivity (Wildman–Crippen MR) is 51.5 cm³/mol. The largest absolute Gasteiger partial charge is 0.204 e. The maximum Gasteiger partial charge on any atom is 0.159 e. The van der Waals surface area contributed by atoms with Crippen molar-refractivity contribution in [2.24, 2.45) is 0 Å². The summed E-state index contributed by atoms with van der Waals surface area (Å²) in [5.41, 5.74) is 1.10. The summed E-state index contributed by atoms with van der Waals surface area (Å²) >= 11 is 7.02. The lowest BCUT2D eigenvalue weighted by molar-refractivity contribution is 0.642. The summed E-state index contributed by atoms with van der Waals surface area (Å²) in [6.45, 7) is 1.96. The minimum Gasteiger partial charge on any atom is -0.204 e. The van der Waals surface area contributed by atoms with E-state index in [2.05, 4.69) is 0 Å². The van der Waals surface area contributed by atoms with E-state index in [0.717, 1.165) is 10.9 Å². The number of benzene rings is 1. The summed E-state index contributed by atoms with van der Waals surface area (Å²) in [6, 6.07) is 3.45. The molecule has 0 radical (unpaired) electrons. The van der Waals surface area contributed by atoms with Gasteiger partial charge < -0.3 is 0 Å². The van der Waals surface area contributed by atoms with E-state index in [4.69, 9.17) is 11.6 Å². The van der Waals surface area contributed by atoms with E-state index >= 15 is 0 Å². The molecule has 0 saturated carbocycles. The molecule has 3 heteroatoms. The quantitative estimate of drug-likeness (QED) is 0.603. The Balaban J connectivity index is 2.93. The van der Waals surface area contributed by atoms with Gasteiger partial charge in [-0.15, -0.1) is 11.3 Å². The van der Waals surface area contributed by atoms with Crippen LogP contribution in [0.5, 0.6) is 0 Å². The Hall–Kier alpha value is -0.600. The second-order valence-corrected chi connectivity index (χ2v) is 3.94. The van der Waals surface area contributed by atoms with Crippen LogP contribution in [0.4, 0.5) is 4.39 Å². The number of rotatable bonds is 0. The van der Waals surface area contributed by atoms with Crippen LogP contribution in [0.2, 0.25) is 5.02 Å². The molecule has 0 spiro atoms. The maximum absolute atomic E-state index is 13.3. The molecule has 0 atom stereocenters. The van der Waals surface area contributed by atoms with Gasteiger partial charge in [-0.05, 0) is 29.3 Å². The second kappa shape index (κ2) is 2.71. The first-order chi connectivity index (χ1) is 5.70. The SMILES string of the molecule is Cc1csc2c(F)c(Cl)ccc12. The van der Waals surface area contributed by atoms with Crippen molar-refractivity contribution in [3.8, 4) is 0 Å². The summed E-state index contributed by atoms with van der Waals surface area (Å²) < 4.78 is 13.9. The molecule has 0 fully saturated rings. The minimum atomic E-state index is -0.299. The Labute approximate surface area is 78.6 Å². The van der Waals surface area contributed by atoms with Crippen LogP contribution in [0.15, 0.2) is 17.5 Å². The zero-order chi connectivity index (χ0) is 8.72. The highest BCUT2D eigenvalue weighted by molar-refractivity contribution is 7.17. The second-order valence-electron chi connectivity index (χ2n) is 2.66. The van der Waals surface area contributed by atoms with E-state index in [1.165, 1.54) is 11.3 Å². The monoisotopic (exact) mass is 200 g/mol. The van der Waals surface area contributed by atoms with Crippen molar-refractivity contribution in [2.45, 2.75) is 6.92 Å². The van der Waals surface area contributed by atoms with Crippen LogP contribution >= 0.6 is 22.9 Å². The molecule has 0 amide bonds. The number of halogens is 2. The van der Waals surface area contributed by atoms with E-state index in [1.54, 1.807) is 6.07 Å². The predicted octanol–water partition coefficient (Wildman–Crippen LogP) is 4.00. The zero-order valence-electron chi connectivity index (χ0n) is 6.40. The standard InChI is InChI=1S/C9H6ClFS/c1-5-4-12-9-6(5)2-3-7(10)8(9)11/h2-4H,1H3. The molecule has 0 nitrogen and oxygen atoms in total. The van der Waals surface area contributed by atoms with E-state index < -0.39 is 0 Å². The summed E-state index contributed by atoms with van der Waals surface area (Å²) in [5, 5.41) is 3.09. The number of thiophene rings is 1. The van der Waals surface area contributed by atoms with Gasteiger partial charge >= 0.3 is 0 Å². The smallest absolute Gasteiger partial charge is 0.159 e. The number of fused-ring (bicyclic) bond motifs is 1. The van der Waals surface area contributed by atoms with Gasteiger partial charge in [-0.2, -0.15) is 0 Å². The maximum atomic E-state index is 13.3. The Morgan fingerprint density at radius 2 is 2.17 bits per heavy atom. The van der Waals surface area contributed by atoms with E-state index in [0.29, 0.717) is 4.70 Å². The first-order valence-electron chi connectivity index (χ1n) is 3.52. The molecule has 12 heavy (non-hydrogen) atoms. The summed E-state index contributed by atoms with van der Waals surface area (Å²) in [6.07, 6.45) is 0. The molecule has 0 unspecified atom stereocenters. The van der Waals surface area contributed by atoms with Crippen LogP contribution in [0.25, 0.3) is 10.1 Å². The molecular weight excluding hydrogens is 195 g/mol. The van der Waals surface area contributed by atoms with Gasteiger partial charge in [0.2, 0.25) is 0 Å². The fourth-order valence-corrected chi connectivity index (χ4v) is 2.37. The van der Waals surface area contributed by atoms with Gasteiger partial charge in [0.15, 0.2) is 5.82 Å². The highest BCUT2D eigenvalue weighted by Crippen LogP contribution is 2.31. The summed E-state index contributed by atoms with van der Waals surface area (Å²) in [5.74, 6) is -0.299. The first-order valence-corrected chi connectivity index (χ1v) is 4.77. The van der Waals surface area contributed by atoms with Crippen molar-refractivity contribution in [1.82, 2.24) is 0 Å². The average molecular weight is 201 g/mol. The topological polar surface area (TPSA) is 0 Å². The Morgan fingerprint density at radius 3 is 2.92 bits per heavy atom. The Morgan fingerprint density at radius 1 is 1.42 bits per heavy atom. The molecule has 0 aliphatic carbocycles. The zero-order valence-corrected chi connectivity index (χ0v) is 7.97. The van der Waals surface area contributed by atoms with Crippen LogP contribution in [0, 0.1) is 12.7 Å². The molecule has 2 rings (SSSR count). The van der Waals surface area contributed by atoms with Crippen LogP contribution in [0.1, 0.15) is 5.56 Å². The lowest BCUT2D eigenvalue weighted by atomic mass is 10.2. The van der Waals surface area contributed by atoms with Crippen molar-refractivity contribution in [3.63, 3.8) is 0 Å². The highest BCUT2D eigenvalue weighted by atomic mass is 35.5. The van der Waals surface area contributed by atoms with Gasteiger partial charge in [-0.1, -0.05) is 17.7 Å². The minimum absolute atomic E-state index is 0.198. The Kier molecular flexibility index (Phi) is 1.81. The molecule has 62 valence electrons.